The van der Waals surface area contributed by atoms with Crippen molar-refractivity contribution in [2.45, 2.75) is 32.6 Å². The maximum atomic E-state index is 14.1. The van der Waals surface area contributed by atoms with Gasteiger partial charge < -0.3 is 34.8 Å². The number of rotatable bonds is 16. The molecule has 1 amide bonds. The summed E-state index contributed by atoms with van der Waals surface area (Å²) in [6, 6.07) is 18.6. The molecule has 1 aliphatic heterocycles. The average Bonchev–Trinajstić information content (AvgIpc) is 3.65. The quantitative estimate of drug-likeness (QED) is 0.0509. The van der Waals surface area contributed by atoms with Crippen LogP contribution in [0.1, 0.15) is 47.2 Å². The Morgan fingerprint density at radius 1 is 0.929 bits per heavy atom. The Bertz CT molecular complexity index is 2320. The summed E-state index contributed by atoms with van der Waals surface area (Å²) in [6.45, 7) is 4.88. The molecule has 1 fully saturated rings. The van der Waals surface area contributed by atoms with E-state index in [0.29, 0.717) is 104 Å². The van der Waals surface area contributed by atoms with E-state index in [1.165, 1.54) is 12.1 Å². The van der Waals surface area contributed by atoms with Crippen LogP contribution in [0.2, 0.25) is 0 Å². The number of fused-ring (bicyclic) bond motifs is 2. The molecule has 1 saturated heterocycles. The zero-order valence-corrected chi connectivity index (χ0v) is 31.0. The van der Waals surface area contributed by atoms with Gasteiger partial charge in [-0.15, -0.1) is 0 Å². The van der Waals surface area contributed by atoms with E-state index in [4.69, 9.17) is 14.0 Å². The molecule has 290 valence electrons. The lowest BCUT2D eigenvalue weighted by molar-refractivity contribution is -0.393. The zero-order valence-electron chi connectivity index (χ0n) is 31.0. The number of ketones is 1. The number of hydrogen-bond acceptors (Lipinski definition) is 13. The highest BCUT2D eigenvalue weighted by Crippen LogP contribution is 2.47. The van der Waals surface area contributed by atoms with Crippen LogP contribution in [0.3, 0.4) is 0 Å². The monoisotopic (exact) mass is 763 g/mol. The number of non-ortho nitro benzene ring substituents is 1. The van der Waals surface area contributed by atoms with E-state index in [0.717, 1.165) is 28.8 Å². The van der Waals surface area contributed by atoms with Gasteiger partial charge in [0.1, 0.15) is 17.0 Å². The molecule has 2 aliphatic rings. The fourth-order valence-corrected chi connectivity index (χ4v) is 7.28. The minimum absolute atomic E-state index is 0.00305. The molecule has 16 nitrogen and oxygen atoms in total. The molecule has 0 unspecified atom stereocenters. The van der Waals surface area contributed by atoms with E-state index in [-0.39, 0.29) is 34.7 Å². The first-order chi connectivity index (χ1) is 27.1. The summed E-state index contributed by atoms with van der Waals surface area (Å²) >= 11 is 0. The molecule has 0 atom stereocenters. The van der Waals surface area contributed by atoms with Crippen LogP contribution in [0, 0.1) is 33.1 Å². The van der Waals surface area contributed by atoms with Crippen LogP contribution < -0.4 is 25.6 Å². The number of carbonyl (C=O) groups is 2. The maximum Gasteiger partial charge on any atom is 0.299 e. The second-order valence-electron chi connectivity index (χ2n) is 13.7. The van der Waals surface area contributed by atoms with Crippen molar-refractivity contribution in [1.29, 1.82) is 0 Å². The maximum absolute atomic E-state index is 14.1. The van der Waals surface area contributed by atoms with Gasteiger partial charge in [-0.05, 0) is 68.5 Å². The number of benzene rings is 4. The Morgan fingerprint density at radius 3 is 2.38 bits per heavy atom. The Labute approximate surface area is 321 Å². The van der Waals surface area contributed by atoms with Crippen molar-refractivity contribution in [3.8, 4) is 17.1 Å². The molecule has 2 heterocycles. The Morgan fingerprint density at radius 2 is 1.66 bits per heavy atom. The van der Waals surface area contributed by atoms with Gasteiger partial charge >= 0.3 is 0 Å². The first-order valence-electron chi connectivity index (χ1n) is 18.4. The fraction of sp³-hybridized carbons (Fsp3) is 0.325. The van der Waals surface area contributed by atoms with Crippen molar-refractivity contribution in [3.63, 3.8) is 0 Å². The number of piperidine rings is 1. The Balaban J connectivity index is 0.928. The predicted octanol–water partition coefficient (Wildman–Crippen LogP) is 7.16. The highest BCUT2D eigenvalue weighted by atomic mass is 16.6. The fourth-order valence-electron chi connectivity index (χ4n) is 7.28. The molecule has 1 aliphatic carbocycles. The molecule has 0 bridgehead atoms. The summed E-state index contributed by atoms with van der Waals surface area (Å²) in [4.78, 5) is 50.3. The summed E-state index contributed by atoms with van der Waals surface area (Å²) in [7, 11) is 1.62. The molecule has 3 N–H and O–H groups in total. The number of nitrogens with zero attached hydrogens (tertiary/aromatic N) is 4. The van der Waals surface area contributed by atoms with Crippen LogP contribution in [0.5, 0.6) is 5.75 Å². The van der Waals surface area contributed by atoms with Gasteiger partial charge in [0.15, 0.2) is 11.5 Å². The first-order valence-corrected chi connectivity index (χ1v) is 18.4. The van der Waals surface area contributed by atoms with Crippen LogP contribution >= 0.6 is 0 Å². The minimum Gasteiger partial charge on any atom is -0.497 e. The van der Waals surface area contributed by atoms with Crippen molar-refractivity contribution in [2.24, 2.45) is 5.92 Å². The van der Waals surface area contributed by atoms with E-state index >= 15 is 0 Å². The molecule has 56 heavy (non-hydrogen) atoms. The molecule has 7 rings (SSSR count). The van der Waals surface area contributed by atoms with Crippen molar-refractivity contribution in [2.75, 3.05) is 62.0 Å². The number of nitrogens with one attached hydrogen (secondary N) is 3. The number of nitro groups is 2. The van der Waals surface area contributed by atoms with E-state index in [1.807, 2.05) is 49.4 Å². The van der Waals surface area contributed by atoms with Gasteiger partial charge in [-0.3, -0.25) is 29.8 Å². The largest absolute Gasteiger partial charge is 0.497 e. The third-order valence-electron chi connectivity index (χ3n) is 10.2. The molecular weight excluding hydrogens is 722 g/mol. The molecule has 0 spiro atoms. The number of aryl methyl sites for hydroxylation is 1. The van der Waals surface area contributed by atoms with Crippen molar-refractivity contribution >= 4 is 56.7 Å². The summed E-state index contributed by atoms with van der Waals surface area (Å²) < 4.78 is 17.0. The number of aromatic nitrogens is 1. The molecule has 5 aromatic rings. The number of methoxy groups -OCH3 is 1. The van der Waals surface area contributed by atoms with Gasteiger partial charge in [-0.2, -0.15) is 0 Å². The lowest BCUT2D eigenvalue weighted by atomic mass is 9.86. The van der Waals surface area contributed by atoms with Gasteiger partial charge in [0.25, 0.3) is 11.4 Å². The number of amides is 1. The van der Waals surface area contributed by atoms with Gasteiger partial charge in [0, 0.05) is 68.2 Å². The van der Waals surface area contributed by atoms with Crippen molar-refractivity contribution in [1.82, 2.24) is 10.5 Å². The standard InChI is InChI=1S/C40H41N7O9/c1-24-21-27(54-2)10-12-30(24)43-32-23-34(37-36-35(32)38(48)28-7-3-4-8-29(28)39(36)56-44-37)45-17-13-25(14-18-45)40(49)42-16-6-20-55-19-5-15-41-31-11-9-26(46(50)51)22-33(31)47(52)53/h3-4,7-12,21-23,25,41,43H,5-6,13-20H2,1-2H3,(H,42,49). The minimum atomic E-state index is -0.674. The summed E-state index contributed by atoms with van der Waals surface area (Å²) in [5, 5.41) is 36.9. The number of carbonyl (C=O) groups excluding carboxylic acids is 2. The van der Waals surface area contributed by atoms with Crippen LogP contribution in [0.4, 0.5) is 34.1 Å². The van der Waals surface area contributed by atoms with Gasteiger partial charge in [-0.25, -0.2) is 0 Å². The number of anilines is 4. The van der Waals surface area contributed by atoms with Gasteiger partial charge in [0.2, 0.25) is 5.91 Å². The first kappa shape index (κ1) is 37.8. The van der Waals surface area contributed by atoms with Crippen molar-refractivity contribution in [3.05, 3.63) is 104 Å². The molecule has 1 aromatic heterocycles. The normalized spacial score (nSPS) is 13.7. The lowest BCUT2D eigenvalue weighted by Crippen LogP contribution is -2.41. The summed E-state index contributed by atoms with van der Waals surface area (Å²) in [5.74, 6) is 1.03. The molecule has 0 radical (unpaired) electrons. The van der Waals surface area contributed by atoms with E-state index in [1.54, 1.807) is 13.2 Å². The van der Waals surface area contributed by atoms with Crippen LogP contribution in [0.25, 0.3) is 22.2 Å². The number of ether oxygens (including phenoxy) is 2. The van der Waals surface area contributed by atoms with E-state index < -0.39 is 9.85 Å². The number of nitro benzene ring substituents is 2. The zero-order chi connectivity index (χ0) is 39.3. The Hall–Kier alpha value is -6.55. The average molecular weight is 764 g/mol. The second kappa shape index (κ2) is 16.4. The van der Waals surface area contributed by atoms with Crippen LogP contribution in [-0.4, -0.2) is 73.2 Å². The van der Waals surface area contributed by atoms with E-state index in [2.05, 4.69) is 26.0 Å². The molecule has 16 heteroatoms. The van der Waals surface area contributed by atoms with E-state index in [9.17, 15) is 29.8 Å². The van der Waals surface area contributed by atoms with Gasteiger partial charge in [0.05, 0.1) is 45.3 Å². The summed E-state index contributed by atoms with van der Waals surface area (Å²) in [6.07, 6.45) is 2.46. The van der Waals surface area contributed by atoms with Gasteiger partial charge in [-0.1, -0.05) is 29.4 Å². The predicted molar refractivity (Wildman–Crippen MR) is 210 cm³/mol. The van der Waals surface area contributed by atoms with Crippen LogP contribution in [0.15, 0.2) is 71.3 Å². The third-order valence-corrected chi connectivity index (χ3v) is 10.2. The molecular formula is C40H41N7O9. The van der Waals surface area contributed by atoms with Crippen LogP contribution in [-0.2, 0) is 9.53 Å². The second-order valence-corrected chi connectivity index (χ2v) is 13.7. The summed E-state index contributed by atoms with van der Waals surface area (Å²) in [5.41, 5.74) is 5.16. The third kappa shape index (κ3) is 7.68. The Kier molecular flexibility index (Phi) is 11.1. The molecule has 0 saturated carbocycles. The topological polar surface area (TPSA) is 204 Å². The lowest BCUT2D eigenvalue weighted by Gasteiger charge is -2.33. The number of hydrogen-bond donors (Lipinski definition) is 3. The highest BCUT2D eigenvalue weighted by Gasteiger charge is 2.35. The SMILES string of the molecule is COc1ccc(Nc2cc(N3CCC(C(=O)NCCCOCCCNc4ccc([N+](=O)[O-])cc4[N+](=O)[O-])CC3)c3noc4c3c2C(=O)c2ccccc2-4)c(C)c1. The van der Waals surface area contributed by atoms with Crippen molar-refractivity contribution < 1.29 is 33.4 Å². The smallest absolute Gasteiger partial charge is 0.299 e. The molecule has 4 aromatic carbocycles. The highest BCUT2D eigenvalue weighted by molar-refractivity contribution is 6.29.